The Balaban J connectivity index is 2.65. The lowest BCUT2D eigenvalue weighted by atomic mass is 10.0. The van der Waals surface area contributed by atoms with Gasteiger partial charge in [-0.25, -0.2) is 0 Å². The average Bonchev–Trinajstić information content (AvgIpc) is 2.37. The van der Waals surface area contributed by atoms with E-state index in [1.807, 2.05) is 6.92 Å². The van der Waals surface area contributed by atoms with Crippen molar-refractivity contribution in [3.8, 4) is 0 Å². The van der Waals surface area contributed by atoms with Crippen molar-refractivity contribution in [2.45, 2.75) is 31.3 Å². The Kier molecular flexibility index (Phi) is 5.72. The molecule has 0 aliphatic heterocycles. The Labute approximate surface area is 114 Å². The van der Waals surface area contributed by atoms with Gasteiger partial charge < -0.3 is 5.11 Å². The first kappa shape index (κ1) is 15.9. The quantitative estimate of drug-likeness (QED) is 0.616. The van der Waals surface area contributed by atoms with E-state index in [0.29, 0.717) is 6.42 Å². The molecule has 1 N–H and O–H groups in total. The lowest BCUT2D eigenvalue weighted by molar-refractivity contribution is 0.0888. The van der Waals surface area contributed by atoms with E-state index in [0.717, 1.165) is 5.56 Å². The summed E-state index contributed by atoms with van der Waals surface area (Å²) in [5.41, 5.74) is 0.980. The molecule has 0 aromatic heterocycles. The Morgan fingerprint density at radius 3 is 2.47 bits per heavy atom. The predicted octanol–water partition coefficient (Wildman–Crippen LogP) is 2.27. The second-order valence-electron chi connectivity index (χ2n) is 4.62. The highest BCUT2D eigenvalue weighted by Gasteiger charge is 2.19. The largest absolute Gasteiger partial charge is 0.392 e. The molecule has 1 aromatic rings. The van der Waals surface area contributed by atoms with E-state index in [2.05, 4.69) is 6.58 Å². The van der Waals surface area contributed by atoms with Gasteiger partial charge in [0.2, 0.25) is 0 Å². The fourth-order valence-corrected chi connectivity index (χ4v) is 2.48. The number of rotatable bonds is 7. The highest BCUT2D eigenvalue weighted by molar-refractivity contribution is 7.86. The average molecular weight is 284 g/mol. The third kappa shape index (κ3) is 4.78. The molecule has 0 amide bonds. The third-order valence-electron chi connectivity index (χ3n) is 2.86. The molecule has 5 heteroatoms. The molecule has 0 saturated heterocycles. The summed E-state index contributed by atoms with van der Waals surface area (Å²) in [5.74, 6) is -0.279. The third-order valence-corrected chi connectivity index (χ3v) is 4.16. The SMILES string of the molecule is C=CCC(O)[C@@H](C)COS(=O)(=O)c1ccc(C)cc1. The fraction of sp³-hybridized carbons (Fsp3) is 0.429. The summed E-state index contributed by atoms with van der Waals surface area (Å²) >= 11 is 0. The van der Waals surface area contributed by atoms with E-state index in [9.17, 15) is 13.5 Å². The van der Waals surface area contributed by atoms with Crippen LogP contribution in [0, 0.1) is 12.8 Å². The summed E-state index contributed by atoms with van der Waals surface area (Å²) in [4.78, 5) is 0.128. The van der Waals surface area contributed by atoms with Gasteiger partial charge in [0.05, 0.1) is 17.6 Å². The Morgan fingerprint density at radius 2 is 1.95 bits per heavy atom. The van der Waals surface area contributed by atoms with Crippen LogP contribution in [0.3, 0.4) is 0 Å². The summed E-state index contributed by atoms with van der Waals surface area (Å²) in [6.07, 6.45) is 1.36. The molecule has 0 aliphatic carbocycles. The molecule has 1 rings (SSSR count). The number of hydrogen-bond acceptors (Lipinski definition) is 4. The Bertz CT molecular complexity index is 505. The zero-order chi connectivity index (χ0) is 14.5. The van der Waals surface area contributed by atoms with E-state index < -0.39 is 16.2 Å². The topological polar surface area (TPSA) is 63.6 Å². The molecule has 0 bridgehead atoms. The van der Waals surface area contributed by atoms with E-state index in [4.69, 9.17) is 4.18 Å². The van der Waals surface area contributed by atoms with E-state index in [-0.39, 0.29) is 17.4 Å². The fourth-order valence-electron chi connectivity index (χ4n) is 1.48. The van der Waals surface area contributed by atoms with Gasteiger partial charge >= 0.3 is 0 Å². The van der Waals surface area contributed by atoms with Gasteiger partial charge in [0.15, 0.2) is 0 Å². The van der Waals surface area contributed by atoms with Crippen molar-refractivity contribution in [3.63, 3.8) is 0 Å². The molecule has 0 aliphatic rings. The maximum atomic E-state index is 11.9. The number of aryl methyl sites for hydroxylation is 1. The van der Waals surface area contributed by atoms with Gasteiger partial charge in [0.1, 0.15) is 0 Å². The molecular weight excluding hydrogens is 264 g/mol. The predicted molar refractivity (Wildman–Crippen MR) is 74.3 cm³/mol. The molecule has 106 valence electrons. The molecule has 4 nitrogen and oxygen atoms in total. The van der Waals surface area contributed by atoms with Crippen LogP contribution in [0.5, 0.6) is 0 Å². The number of hydrogen-bond donors (Lipinski definition) is 1. The van der Waals surface area contributed by atoms with Crippen LogP contribution >= 0.6 is 0 Å². The number of aliphatic hydroxyl groups excluding tert-OH is 1. The van der Waals surface area contributed by atoms with Crippen LogP contribution in [-0.2, 0) is 14.3 Å². The number of benzene rings is 1. The second kappa shape index (κ2) is 6.84. The summed E-state index contributed by atoms with van der Waals surface area (Å²) in [7, 11) is -3.76. The van der Waals surface area contributed by atoms with Crippen LogP contribution in [0.25, 0.3) is 0 Å². The standard InChI is InChI=1S/C14H20O4S/c1-4-5-14(15)12(3)10-18-19(16,17)13-8-6-11(2)7-9-13/h4,6-9,12,14-15H,1,5,10H2,2-3H3/t12-,14?/m0/s1. The Morgan fingerprint density at radius 1 is 1.37 bits per heavy atom. The van der Waals surface area contributed by atoms with E-state index in [1.54, 1.807) is 25.1 Å². The molecule has 19 heavy (non-hydrogen) atoms. The van der Waals surface area contributed by atoms with Gasteiger partial charge in [-0.15, -0.1) is 6.58 Å². The van der Waals surface area contributed by atoms with Gasteiger partial charge in [-0.2, -0.15) is 8.42 Å². The second-order valence-corrected chi connectivity index (χ2v) is 6.24. The maximum Gasteiger partial charge on any atom is 0.296 e. The lowest BCUT2D eigenvalue weighted by Crippen LogP contribution is -2.23. The first-order chi connectivity index (χ1) is 8.86. The van der Waals surface area contributed by atoms with Crippen molar-refractivity contribution in [1.82, 2.24) is 0 Å². The molecule has 2 atom stereocenters. The van der Waals surface area contributed by atoms with Gasteiger partial charge in [-0.05, 0) is 25.5 Å². The molecule has 0 fully saturated rings. The van der Waals surface area contributed by atoms with Crippen molar-refractivity contribution < 1.29 is 17.7 Å². The summed E-state index contributed by atoms with van der Waals surface area (Å²) in [6.45, 7) is 7.09. The minimum Gasteiger partial charge on any atom is -0.392 e. The maximum absolute atomic E-state index is 11.9. The van der Waals surface area contributed by atoms with E-state index >= 15 is 0 Å². The molecule has 0 heterocycles. The molecular formula is C14H20O4S. The van der Waals surface area contributed by atoms with Crippen molar-refractivity contribution in [1.29, 1.82) is 0 Å². The first-order valence-corrected chi connectivity index (χ1v) is 7.52. The highest BCUT2D eigenvalue weighted by atomic mass is 32.2. The normalized spacial score (nSPS) is 14.9. The van der Waals surface area contributed by atoms with Gasteiger partial charge in [-0.3, -0.25) is 4.18 Å². The van der Waals surface area contributed by atoms with Crippen molar-refractivity contribution in [2.75, 3.05) is 6.61 Å². The van der Waals surface area contributed by atoms with Crippen molar-refractivity contribution in [2.24, 2.45) is 5.92 Å². The van der Waals surface area contributed by atoms with Gasteiger partial charge in [-0.1, -0.05) is 30.7 Å². The van der Waals surface area contributed by atoms with Crippen molar-refractivity contribution in [3.05, 3.63) is 42.5 Å². The zero-order valence-corrected chi connectivity index (χ0v) is 12.1. The smallest absolute Gasteiger partial charge is 0.296 e. The van der Waals surface area contributed by atoms with Crippen LogP contribution in [0.4, 0.5) is 0 Å². The molecule has 0 spiro atoms. The van der Waals surface area contributed by atoms with Crippen LogP contribution in [0.15, 0.2) is 41.8 Å². The number of aliphatic hydroxyl groups is 1. The molecule has 1 aromatic carbocycles. The van der Waals surface area contributed by atoms with Crippen LogP contribution in [-0.4, -0.2) is 26.2 Å². The first-order valence-electron chi connectivity index (χ1n) is 6.12. The minimum atomic E-state index is -3.76. The summed E-state index contributed by atoms with van der Waals surface area (Å²) < 4.78 is 28.8. The van der Waals surface area contributed by atoms with Gasteiger partial charge in [0.25, 0.3) is 10.1 Å². The zero-order valence-electron chi connectivity index (χ0n) is 11.2. The summed E-state index contributed by atoms with van der Waals surface area (Å²) in [5, 5.41) is 9.68. The highest BCUT2D eigenvalue weighted by Crippen LogP contribution is 2.16. The Hall–Kier alpha value is -1.17. The molecule has 1 unspecified atom stereocenters. The molecule has 0 radical (unpaired) electrons. The van der Waals surface area contributed by atoms with Crippen LogP contribution < -0.4 is 0 Å². The minimum absolute atomic E-state index is 0.0504. The van der Waals surface area contributed by atoms with Crippen LogP contribution in [0.2, 0.25) is 0 Å². The van der Waals surface area contributed by atoms with Crippen molar-refractivity contribution >= 4 is 10.1 Å². The molecule has 0 saturated carbocycles. The van der Waals surface area contributed by atoms with Crippen LogP contribution in [0.1, 0.15) is 18.9 Å². The van der Waals surface area contributed by atoms with E-state index in [1.165, 1.54) is 12.1 Å². The lowest BCUT2D eigenvalue weighted by Gasteiger charge is -2.17. The summed E-state index contributed by atoms with van der Waals surface area (Å²) in [6, 6.07) is 6.45. The van der Waals surface area contributed by atoms with Gasteiger partial charge in [0, 0.05) is 5.92 Å². The monoisotopic (exact) mass is 284 g/mol.